The number of Topliss-reactive ketones (excluding diaryl/α,β-unsaturated/α-hetero) is 1. The number of morpholine rings is 1. The number of hydrogen-bond donors (Lipinski definition) is 0. The van der Waals surface area contributed by atoms with Gasteiger partial charge in [-0.25, -0.2) is 4.39 Å². The summed E-state index contributed by atoms with van der Waals surface area (Å²) in [5.41, 5.74) is 2.23. The van der Waals surface area contributed by atoms with Gasteiger partial charge in [-0.05, 0) is 36.1 Å². The Balaban J connectivity index is 1.54. The van der Waals surface area contributed by atoms with Crippen LogP contribution < -0.4 is 0 Å². The van der Waals surface area contributed by atoms with Crippen molar-refractivity contribution in [2.75, 3.05) is 13.2 Å². The van der Waals surface area contributed by atoms with Crippen LogP contribution in [0.1, 0.15) is 34.3 Å². The highest BCUT2D eigenvalue weighted by atomic mass is 19.1. The van der Waals surface area contributed by atoms with E-state index in [4.69, 9.17) is 10.00 Å². The van der Waals surface area contributed by atoms with Crippen LogP contribution in [0.25, 0.3) is 0 Å². The van der Waals surface area contributed by atoms with Crippen molar-refractivity contribution >= 4 is 5.78 Å². The Labute approximate surface area is 164 Å². The number of hydrogen-bond acceptors (Lipinski definition) is 4. The fourth-order valence-corrected chi connectivity index (χ4v) is 4.49. The minimum Gasteiger partial charge on any atom is -0.378 e. The largest absolute Gasteiger partial charge is 0.378 e. The molecule has 0 aliphatic carbocycles. The van der Waals surface area contributed by atoms with Crippen LogP contribution in [0.5, 0.6) is 0 Å². The Morgan fingerprint density at radius 3 is 2.54 bits per heavy atom. The van der Waals surface area contributed by atoms with Crippen LogP contribution >= 0.6 is 0 Å². The van der Waals surface area contributed by atoms with E-state index in [1.54, 1.807) is 6.07 Å². The molecule has 144 valence electrons. The number of fused-ring (bicyclic) bond motifs is 2. The number of benzene rings is 2. The molecule has 0 spiro atoms. The van der Waals surface area contributed by atoms with Crippen molar-refractivity contribution in [1.29, 1.82) is 5.26 Å². The van der Waals surface area contributed by atoms with E-state index in [-0.39, 0.29) is 30.2 Å². The van der Waals surface area contributed by atoms with E-state index < -0.39 is 5.82 Å². The van der Waals surface area contributed by atoms with Crippen molar-refractivity contribution in [2.45, 2.75) is 37.9 Å². The molecule has 2 atom stereocenters. The van der Waals surface area contributed by atoms with Gasteiger partial charge in [0, 0.05) is 30.1 Å². The van der Waals surface area contributed by atoms with Gasteiger partial charge in [0.05, 0.1) is 25.7 Å². The summed E-state index contributed by atoms with van der Waals surface area (Å²) in [7, 11) is 0. The normalized spacial score (nSPS) is 24.5. The van der Waals surface area contributed by atoms with E-state index in [1.807, 2.05) is 18.2 Å². The zero-order valence-corrected chi connectivity index (χ0v) is 15.7. The SMILES string of the molecule is N#CCc1ccc(F)cc1C(=O)C1CC2COCC(C1)N2Cc1ccccc1. The summed E-state index contributed by atoms with van der Waals surface area (Å²) in [6.45, 7) is 2.07. The van der Waals surface area contributed by atoms with Crippen molar-refractivity contribution in [3.8, 4) is 6.07 Å². The summed E-state index contributed by atoms with van der Waals surface area (Å²) in [5.74, 6) is -0.638. The smallest absolute Gasteiger partial charge is 0.166 e. The summed E-state index contributed by atoms with van der Waals surface area (Å²) < 4.78 is 19.6. The molecule has 28 heavy (non-hydrogen) atoms. The summed E-state index contributed by atoms with van der Waals surface area (Å²) in [6, 6.07) is 16.9. The first-order valence-corrected chi connectivity index (χ1v) is 9.72. The Morgan fingerprint density at radius 1 is 1.14 bits per heavy atom. The van der Waals surface area contributed by atoms with Crippen molar-refractivity contribution in [1.82, 2.24) is 4.90 Å². The molecular formula is C23H23FN2O2. The Kier molecular flexibility index (Phi) is 5.52. The second-order valence-electron chi connectivity index (χ2n) is 7.67. The summed E-state index contributed by atoms with van der Waals surface area (Å²) in [4.78, 5) is 15.7. The zero-order chi connectivity index (χ0) is 19.5. The third-order valence-electron chi connectivity index (χ3n) is 5.86. The minimum absolute atomic E-state index is 0.0407. The van der Waals surface area contributed by atoms with E-state index >= 15 is 0 Å². The number of ketones is 1. The molecule has 0 amide bonds. The van der Waals surface area contributed by atoms with Gasteiger partial charge in [-0.2, -0.15) is 5.26 Å². The number of nitrogens with zero attached hydrogens (tertiary/aromatic N) is 2. The molecule has 2 aromatic rings. The predicted octanol–water partition coefficient (Wildman–Crippen LogP) is 3.75. The van der Waals surface area contributed by atoms with Gasteiger partial charge in [-0.15, -0.1) is 0 Å². The van der Waals surface area contributed by atoms with Crippen LogP contribution in [0.3, 0.4) is 0 Å². The topological polar surface area (TPSA) is 53.3 Å². The molecule has 2 saturated heterocycles. The fraction of sp³-hybridized carbons (Fsp3) is 0.391. The van der Waals surface area contributed by atoms with Gasteiger partial charge in [0.25, 0.3) is 0 Å². The minimum atomic E-state index is -0.435. The molecule has 0 radical (unpaired) electrons. The summed E-state index contributed by atoms with van der Waals surface area (Å²) >= 11 is 0. The Bertz CT molecular complexity index is 879. The van der Waals surface area contributed by atoms with E-state index in [0.717, 1.165) is 6.54 Å². The lowest BCUT2D eigenvalue weighted by molar-refractivity contribution is -0.0872. The second kappa shape index (κ2) is 8.22. The third kappa shape index (κ3) is 3.84. The lowest BCUT2D eigenvalue weighted by Gasteiger charge is -2.48. The molecule has 4 rings (SSSR count). The molecule has 2 aliphatic rings. The average Bonchev–Trinajstić information content (AvgIpc) is 2.69. The van der Waals surface area contributed by atoms with Crippen LogP contribution in [0.4, 0.5) is 4.39 Å². The number of carbonyl (C=O) groups is 1. The lowest BCUT2D eigenvalue weighted by Crippen LogP contribution is -2.57. The molecule has 5 heteroatoms. The van der Waals surface area contributed by atoms with Gasteiger partial charge in [0.2, 0.25) is 0 Å². The van der Waals surface area contributed by atoms with E-state index in [1.165, 1.54) is 17.7 Å². The molecule has 0 aromatic heterocycles. The summed E-state index contributed by atoms with van der Waals surface area (Å²) in [5, 5.41) is 9.03. The monoisotopic (exact) mass is 378 g/mol. The quantitative estimate of drug-likeness (QED) is 0.744. The Morgan fingerprint density at radius 2 is 1.86 bits per heavy atom. The van der Waals surface area contributed by atoms with E-state index in [0.29, 0.717) is 37.2 Å². The molecule has 2 unspecified atom stereocenters. The Hall–Kier alpha value is -2.55. The number of rotatable bonds is 5. The maximum Gasteiger partial charge on any atom is 0.166 e. The van der Waals surface area contributed by atoms with E-state index in [2.05, 4.69) is 23.1 Å². The predicted molar refractivity (Wildman–Crippen MR) is 103 cm³/mol. The standard InChI is InChI=1S/C23H23FN2O2/c24-19-7-6-17(8-9-25)22(12-19)23(27)18-10-20-14-28-15-21(11-18)26(20)13-16-4-2-1-3-5-16/h1-7,12,18,20-21H,8,10-11,13-15H2. The zero-order valence-electron chi connectivity index (χ0n) is 15.7. The highest BCUT2D eigenvalue weighted by Gasteiger charge is 2.41. The molecule has 2 bridgehead atoms. The van der Waals surface area contributed by atoms with Crippen LogP contribution in [0.15, 0.2) is 48.5 Å². The third-order valence-corrected chi connectivity index (χ3v) is 5.86. The molecule has 4 nitrogen and oxygen atoms in total. The fourth-order valence-electron chi connectivity index (χ4n) is 4.49. The van der Waals surface area contributed by atoms with Gasteiger partial charge in [0.1, 0.15) is 5.82 Å². The molecule has 2 aliphatic heterocycles. The second-order valence-corrected chi connectivity index (χ2v) is 7.67. The number of halogens is 1. The first-order valence-electron chi connectivity index (χ1n) is 9.72. The molecule has 2 fully saturated rings. The molecule has 2 aromatic carbocycles. The van der Waals surface area contributed by atoms with Crippen molar-refractivity contribution < 1.29 is 13.9 Å². The highest BCUT2D eigenvalue weighted by Crippen LogP contribution is 2.35. The first-order chi connectivity index (χ1) is 13.7. The maximum absolute atomic E-state index is 13.8. The molecule has 0 saturated carbocycles. The van der Waals surface area contributed by atoms with Gasteiger partial charge in [-0.1, -0.05) is 36.4 Å². The number of carbonyl (C=O) groups excluding carboxylic acids is 1. The molecule has 0 N–H and O–H groups in total. The van der Waals surface area contributed by atoms with Crippen LogP contribution in [-0.2, 0) is 17.7 Å². The van der Waals surface area contributed by atoms with Gasteiger partial charge in [0.15, 0.2) is 5.78 Å². The van der Waals surface area contributed by atoms with Crippen molar-refractivity contribution in [2.24, 2.45) is 5.92 Å². The molecule has 2 heterocycles. The maximum atomic E-state index is 13.8. The highest BCUT2D eigenvalue weighted by molar-refractivity contribution is 5.99. The van der Waals surface area contributed by atoms with Gasteiger partial charge >= 0.3 is 0 Å². The van der Waals surface area contributed by atoms with Crippen LogP contribution in [-0.4, -0.2) is 36.0 Å². The van der Waals surface area contributed by atoms with Crippen molar-refractivity contribution in [3.63, 3.8) is 0 Å². The van der Waals surface area contributed by atoms with Gasteiger partial charge in [-0.3, -0.25) is 9.69 Å². The lowest BCUT2D eigenvalue weighted by atomic mass is 9.79. The number of piperidine rings is 1. The number of nitriles is 1. The summed E-state index contributed by atoms with van der Waals surface area (Å²) in [6.07, 6.45) is 1.51. The average molecular weight is 378 g/mol. The molecular weight excluding hydrogens is 355 g/mol. The first kappa shape index (κ1) is 18.8. The van der Waals surface area contributed by atoms with Crippen LogP contribution in [0.2, 0.25) is 0 Å². The van der Waals surface area contributed by atoms with Gasteiger partial charge < -0.3 is 4.74 Å². The number of ether oxygens (including phenoxy) is 1. The van der Waals surface area contributed by atoms with Crippen LogP contribution in [0, 0.1) is 23.1 Å². The van der Waals surface area contributed by atoms with Crippen molar-refractivity contribution in [3.05, 3.63) is 71.0 Å². The van der Waals surface area contributed by atoms with E-state index in [9.17, 15) is 9.18 Å².